The molecule has 3 aliphatic heterocycles. The zero-order valence-corrected chi connectivity index (χ0v) is 21.3. The minimum Gasteiger partial charge on any atom is -0.493 e. The molecule has 0 unspecified atom stereocenters. The molecule has 4 heterocycles. The van der Waals surface area contributed by atoms with Gasteiger partial charge in [-0.25, -0.2) is 4.98 Å². The van der Waals surface area contributed by atoms with Crippen molar-refractivity contribution in [3.8, 4) is 11.8 Å². The molecule has 1 aromatic carbocycles. The van der Waals surface area contributed by atoms with Gasteiger partial charge in [0, 0.05) is 43.8 Å². The summed E-state index contributed by atoms with van der Waals surface area (Å²) in [6.45, 7) is 9.60. The second-order valence-electron chi connectivity index (χ2n) is 10.2. The van der Waals surface area contributed by atoms with Crippen LogP contribution in [0.3, 0.4) is 0 Å². The summed E-state index contributed by atoms with van der Waals surface area (Å²) in [5.41, 5.74) is 5.35. The number of anilines is 1. The molecule has 0 atom stereocenters. The van der Waals surface area contributed by atoms with Crippen LogP contribution in [-0.4, -0.2) is 61.1 Å². The maximum Gasteiger partial charge on any atom is 0.135 e. The Morgan fingerprint density at radius 1 is 1.18 bits per heavy atom. The predicted molar refractivity (Wildman–Crippen MR) is 136 cm³/mol. The molecule has 0 amide bonds. The second kappa shape index (κ2) is 9.77. The number of pyridine rings is 1. The quantitative estimate of drug-likeness (QED) is 0.597. The maximum atomic E-state index is 10.2. The van der Waals surface area contributed by atoms with E-state index in [9.17, 15) is 5.26 Å². The Labute approximate surface area is 207 Å². The molecule has 0 bridgehead atoms. The van der Waals surface area contributed by atoms with Crippen molar-refractivity contribution in [2.24, 2.45) is 0 Å². The molecule has 0 radical (unpaired) electrons. The summed E-state index contributed by atoms with van der Waals surface area (Å²) in [5.74, 6) is 2.94. The number of ether oxygens (including phenoxy) is 2. The Balaban J connectivity index is 1.43. The summed E-state index contributed by atoms with van der Waals surface area (Å²) in [4.78, 5) is 9.93. The van der Waals surface area contributed by atoms with Gasteiger partial charge >= 0.3 is 0 Å². The summed E-state index contributed by atoms with van der Waals surface area (Å²) in [6, 6.07) is 9.04. The number of thioether (sulfide) groups is 1. The van der Waals surface area contributed by atoms with Crippen LogP contribution in [0.25, 0.3) is 0 Å². The fourth-order valence-electron chi connectivity index (χ4n) is 5.13. The Morgan fingerprint density at radius 2 is 2.06 bits per heavy atom. The van der Waals surface area contributed by atoms with E-state index in [0.29, 0.717) is 6.61 Å². The number of benzene rings is 1. The smallest absolute Gasteiger partial charge is 0.135 e. The van der Waals surface area contributed by atoms with Crippen molar-refractivity contribution in [3.05, 3.63) is 46.0 Å². The Bertz CT molecular complexity index is 1110. The van der Waals surface area contributed by atoms with Gasteiger partial charge in [-0.3, -0.25) is 0 Å². The number of likely N-dealkylation sites (N-methyl/N-ethyl adjacent to an activating group) is 1. The number of aryl methyl sites for hydroxylation is 1. The number of nitrogens with zero attached hydrogens (tertiary/aromatic N) is 4. The number of aromatic nitrogens is 1. The van der Waals surface area contributed by atoms with Gasteiger partial charge in [0.15, 0.2) is 0 Å². The van der Waals surface area contributed by atoms with Crippen LogP contribution in [-0.2, 0) is 30.6 Å². The summed E-state index contributed by atoms with van der Waals surface area (Å²) in [6.07, 6.45) is 3.80. The topological polar surface area (TPSA) is 61.6 Å². The van der Waals surface area contributed by atoms with Crippen LogP contribution in [0.15, 0.2) is 23.2 Å². The number of rotatable bonds is 5. The highest BCUT2D eigenvalue weighted by Gasteiger charge is 2.33. The molecular formula is C27H34N4O2S. The zero-order valence-electron chi connectivity index (χ0n) is 20.5. The summed E-state index contributed by atoms with van der Waals surface area (Å²) >= 11 is 1.71. The monoisotopic (exact) mass is 478 g/mol. The van der Waals surface area contributed by atoms with Gasteiger partial charge in [-0.1, -0.05) is 12.1 Å². The van der Waals surface area contributed by atoms with Gasteiger partial charge in [0.25, 0.3) is 0 Å². The molecule has 180 valence electrons. The SMILES string of the molecule is CN1CCCN(c2nc(SCCc3ccc4c(c3)CCO4)c(C#N)c3c2COC(C)(C)C3)CC1. The molecular weight excluding hydrogens is 444 g/mol. The largest absolute Gasteiger partial charge is 0.493 e. The number of hydrogen-bond acceptors (Lipinski definition) is 7. The third kappa shape index (κ3) is 4.91. The first-order chi connectivity index (χ1) is 16.4. The average molecular weight is 479 g/mol. The van der Waals surface area contributed by atoms with E-state index in [1.807, 2.05) is 0 Å². The van der Waals surface area contributed by atoms with Crippen LogP contribution in [0.4, 0.5) is 5.82 Å². The maximum absolute atomic E-state index is 10.2. The van der Waals surface area contributed by atoms with E-state index in [2.05, 4.69) is 55.0 Å². The van der Waals surface area contributed by atoms with Gasteiger partial charge in [-0.05, 0) is 63.0 Å². The van der Waals surface area contributed by atoms with Crippen LogP contribution in [0.1, 0.15) is 48.1 Å². The number of hydrogen-bond donors (Lipinski definition) is 0. The molecule has 3 aliphatic rings. The number of fused-ring (bicyclic) bond motifs is 2. The third-order valence-electron chi connectivity index (χ3n) is 7.08. The fourth-order valence-corrected chi connectivity index (χ4v) is 6.12. The van der Waals surface area contributed by atoms with Gasteiger partial charge < -0.3 is 19.3 Å². The Hall–Kier alpha value is -2.27. The van der Waals surface area contributed by atoms with Crippen molar-refractivity contribution in [2.75, 3.05) is 50.5 Å². The minimum atomic E-state index is -0.273. The molecule has 0 aliphatic carbocycles. The molecule has 6 nitrogen and oxygen atoms in total. The number of nitriles is 1. The predicted octanol–water partition coefficient (Wildman–Crippen LogP) is 4.22. The molecule has 1 saturated heterocycles. The van der Waals surface area contributed by atoms with E-state index in [-0.39, 0.29) is 5.60 Å². The standard InChI is InChI=1S/C27H34N4O2S/c1-27(2)16-21-22(17-28)26(34-14-8-19-5-6-24-20(15-19)7-13-32-24)29-25(23(21)18-33-27)31-10-4-9-30(3)11-12-31/h5-6,15H,4,7-14,16,18H2,1-3H3. The summed E-state index contributed by atoms with van der Waals surface area (Å²) < 4.78 is 11.8. The van der Waals surface area contributed by atoms with Gasteiger partial charge in [0.2, 0.25) is 0 Å². The van der Waals surface area contributed by atoms with E-state index >= 15 is 0 Å². The molecule has 2 aromatic rings. The molecule has 0 saturated carbocycles. The average Bonchev–Trinajstić information content (AvgIpc) is 3.17. The van der Waals surface area contributed by atoms with Gasteiger partial charge in [0.1, 0.15) is 22.7 Å². The van der Waals surface area contributed by atoms with Crippen molar-refractivity contribution in [2.45, 2.75) is 56.8 Å². The molecule has 1 aromatic heterocycles. The van der Waals surface area contributed by atoms with E-state index < -0.39 is 0 Å². The molecule has 7 heteroatoms. The highest BCUT2D eigenvalue weighted by molar-refractivity contribution is 7.99. The van der Waals surface area contributed by atoms with Crippen LogP contribution in [0, 0.1) is 11.3 Å². The lowest BCUT2D eigenvalue weighted by molar-refractivity contribution is -0.0402. The second-order valence-corrected chi connectivity index (χ2v) is 11.3. The normalized spacial score (nSPS) is 19.6. The van der Waals surface area contributed by atoms with Gasteiger partial charge in [-0.2, -0.15) is 5.26 Å². The molecule has 0 spiro atoms. The highest BCUT2D eigenvalue weighted by Crippen LogP contribution is 2.39. The van der Waals surface area contributed by atoms with Gasteiger partial charge in [0.05, 0.1) is 24.4 Å². The van der Waals surface area contributed by atoms with Gasteiger partial charge in [-0.15, -0.1) is 11.8 Å². The van der Waals surface area contributed by atoms with E-state index in [0.717, 1.165) is 97.5 Å². The fraction of sp³-hybridized carbons (Fsp3) is 0.556. The first-order valence-electron chi connectivity index (χ1n) is 12.3. The first kappa shape index (κ1) is 23.5. The van der Waals surface area contributed by atoms with Crippen molar-refractivity contribution in [1.29, 1.82) is 5.26 Å². The van der Waals surface area contributed by atoms with E-state index in [1.54, 1.807) is 11.8 Å². The molecule has 0 N–H and O–H groups in total. The zero-order chi connectivity index (χ0) is 23.7. The van der Waals surface area contributed by atoms with Crippen LogP contribution >= 0.6 is 11.8 Å². The third-order valence-corrected chi connectivity index (χ3v) is 8.06. The Morgan fingerprint density at radius 3 is 2.91 bits per heavy atom. The first-order valence-corrected chi connectivity index (χ1v) is 13.3. The van der Waals surface area contributed by atoms with Crippen LogP contribution in [0.5, 0.6) is 5.75 Å². The minimum absolute atomic E-state index is 0.273. The lowest BCUT2D eigenvalue weighted by atomic mass is 9.89. The molecule has 1 fully saturated rings. The van der Waals surface area contributed by atoms with E-state index in [4.69, 9.17) is 14.5 Å². The van der Waals surface area contributed by atoms with Crippen LogP contribution in [0.2, 0.25) is 0 Å². The summed E-state index contributed by atoms with van der Waals surface area (Å²) in [5, 5.41) is 11.0. The van der Waals surface area contributed by atoms with Crippen molar-refractivity contribution < 1.29 is 9.47 Å². The van der Waals surface area contributed by atoms with Crippen LogP contribution < -0.4 is 9.64 Å². The van der Waals surface area contributed by atoms with E-state index in [1.165, 1.54) is 11.1 Å². The lowest BCUT2D eigenvalue weighted by Crippen LogP contribution is -2.36. The van der Waals surface area contributed by atoms with Crippen molar-refractivity contribution >= 4 is 17.6 Å². The molecule has 34 heavy (non-hydrogen) atoms. The highest BCUT2D eigenvalue weighted by atomic mass is 32.2. The molecule has 5 rings (SSSR count). The van der Waals surface area contributed by atoms with Crippen molar-refractivity contribution in [3.63, 3.8) is 0 Å². The lowest BCUT2D eigenvalue weighted by Gasteiger charge is -2.35. The summed E-state index contributed by atoms with van der Waals surface area (Å²) in [7, 11) is 2.18. The van der Waals surface area contributed by atoms with Crippen molar-refractivity contribution in [1.82, 2.24) is 9.88 Å². The Kier molecular flexibility index (Phi) is 6.74.